The molecule has 4 nitrogen and oxygen atoms in total. The summed E-state index contributed by atoms with van der Waals surface area (Å²) in [6.45, 7) is 4.94. The molecule has 4 heteroatoms. The van der Waals surface area contributed by atoms with Crippen LogP contribution in [0.1, 0.15) is 44.7 Å². The third-order valence-electron chi connectivity index (χ3n) is 3.37. The predicted molar refractivity (Wildman–Crippen MR) is 65.4 cm³/mol. The lowest BCUT2D eigenvalue weighted by atomic mass is 9.77. The van der Waals surface area contributed by atoms with Gasteiger partial charge in [0.2, 0.25) is 0 Å². The second-order valence-electron chi connectivity index (χ2n) is 4.95. The van der Waals surface area contributed by atoms with Crippen molar-refractivity contribution in [2.24, 2.45) is 5.73 Å². The van der Waals surface area contributed by atoms with Crippen molar-refractivity contribution < 1.29 is 0 Å². The molecule has 0 unspecified atom stereocenters. The minimum atomic E-state index is 0.0859. The van der Waals surface area contributed by atoms with E-state index < -0.39 is 0 Å². The summed E-state index contributed by atoms with van der Waals surface area (Å²) in [4.78, 5) is 8.52. The minimum absolute atomic E-state index is 0.0859. The van der Waals surface area contributed by atoms with Crippen LogP contribution in [0.5, 0.6) is 0 Å². The van der Waals surface area contributed by atoms with Crippen LogP contribution in [0.15, 0.2) is 12.4 Å². The summed E-state index contributed by atoms with van der Waals surface area (Å²) in [6.07, 6.45) is 5.17. The topological polar surface area (TPSA) is 63.8 Å². The van der Waals surface area contributed by atoms with Gasteiger partial charge in [-0.3, -0.25) is 0 Å². The molecule has 0 radical (unpaired) electrons. The first-order valence-corrected chi connectivity index (χ1v) is 5.95. The van der Waals surface area contributed by atoms with Crippen LogP contribution in [0.3, 0.4) is 0 Å². The lowest BCUT2D eigenvalue weighted by Crippen LogP contribution is -2.51. The average Bonchev–Trinajstić information content (AvgIpc) is 2.24. The third-order valence-corrected chi connectivity index (χ3v) is 3.37. The van der Waals surface area contributed by atoms with Gasteiger partial charge in [-0.2, -0.15) is 0 Å². The first kappa shape index (κ1) is 11.3. The van der Waals surface area contributed by atoms with Gasteiger partial charge in [0.05, 0.1) is 5.54 Å². The van der Waals surface area contributed by atoms with Crippen LogP contribution in [0, 0.1) is 0 Å². The quantitative estimate of drug-likeness (QED) is 0.813. The second-order valence-corrected chi connectivity index (χ2v) is 4.95. The highest BCUT2D eigenvalue weighted by Gasteiger charge is 2.35. The summed E-state index contributed by atoms with van der Waals surface area (Å²) < 4.78 is 0. The third kappa shape index (κ3) is 2.16. The summed E-state index contributed by atoms with van der Waals surface area (Å²) in [7, 11) is 0. The van der Waals surface area contributed by atoms with Gasteiger partial charge in [0.25, 0.3) is 0 Å². The van der Waals surface area contributed by atoms with Gasteiger partial charge in [0.1, 0.15) is 12.1 Å². The van der Waals surface area contributed by atoms with Crippen LogP contribution < -0.4 is 11.1 Å². The van der Waals surface area contributed by atoms with Crippen LogP contribution in [0.25, 0.3) is 0 Å². The monoisotopic (exact) mass is 220 g/mol. The van der Waals surface area contributed by atoms with Gasteiger partial charge in [-0.25, -0.2) is 9.97 Å². The van der Waals surface area contributed by atoms with Crippen LogP contribution in [-0.2, 0) is 0 Å². The zero-order chi connectivity index (χ0) is 11.6. The standard InChI is InChI=1S/C12H20N4/c1-9(2)10-6-11(15-8-14-10)16-12(7-13)4-3-5-12/h6,8-9H,3-5,7,13H2,1-2H3,(H,14,15,16). The second kappa shape index (κ2) is 4.37. The maximum atomic E-state index is 5.81. The molecule has 1 saturated carbocycles. The lowest BCUT2D eigenvalue weighted by molar-refractivity contribution is 0.286. The van der Waals surface area contributed by atoms with E-state index in [1.54, 1.807) is 6.33 Å². The smallest absolute Gasteiger partial charge is 0.130 e. The van der Waals surface area contributed by atoms with E-state index in [9.17, 15) is 0 Å². The molecule has 0 aliphatic heterocycles. The average molecular weight is 220 g/mol. The fraction of sp³-hybridized carbons (Fsp3) is 0.667. The molecule has 1 aromatic rings. The summed E-state index contributed by atoms with van der Waals surface area (Å²) in [6, 6.07) is 2.03. The number of rotatable bonds is 4. The van der Waals surface area contributed by atoms with E-state index in [4.69, 9.17) is 5.73 Å². The van der Waals surface area contributed by atoms with Gasteiger partial charge in [-0.15, -0.1) is 0 Å². The van der Waals surface area contributed by atoms with E-state index in [-0.39, 0.29) is 5.54 Å². The van der Waals surface area contributed by atoms with Gasteiger partial charge < -0.3 is 11.1 Å². The highest BCUT2D eigenvalue weighted by molar-refractivity contribution is 5.40. The Balaban J connectivity index is 2.12. The van der Waals surface area contributed by atoms with Gasteiger partial charge in [0, 0.05) is 18.3 Å². The Labute approximate surface area is 96.7 Å². The van der Waals surface area contributed by atoms with Gasteiger partial charge in [0.15, 0.2) is 0 Å². The largest absolute Gasteiger partial charge is 0.363 e. The first-order chi connectivity index (χ1) is 7.65. The molecule has 3 N–H and O–H groups in total. The highest BCUT2D eigenvalue weighted by atomic mass is 15.1. The molecule has 1 heterocycles. The fourth-order valence-corrected chi connectivity index (χ4v) is 2.01. The number of hydrogen-bond donors (Lipinski definition) is 2. The molecule has 2 rings (SSSR count). The van der Waals surface area contributed by atoms with Crippen LogP contribution in [-0.4, -0.2) is 22.1 Å². The Morgan fingerprint density at radius 3 is 2.69 bits per heavy atom. The lowest BCUT2D eigenvalue weighted by Gasteiger charge is -2.42. The van der Waals surface area contributed by atoms with Crippen molar-refractivity contribution in [1.29, 1.82) is 0 Å². The predicted octanol–water partition coefficient (Wildman–Crippen LogP) is 1.89. The summed E-state index contributed by atoms with van der Waals surface area (Å²) >= 11 is 0. The van der Waals surface area contributed by atoms with Gasteiger partial charge in [-0.05, 0) is 25.2 Å². The number of anilines is 1. The molecule has 1 aliphatic rings. The van der Waals surface area contributed by atoms with E-state index in [0.29, 0.717) is 12.5 Å². The molecule has 16 heavy (non-hydrogen) atoms. The fourth-order valence-electron chi connectivity index (χ4n) is 2.01. The molecule has 0 amide bonds. The number of nitrogens with one attached hydrogen (secondary N) is 1. The number of nitrogens with zero attached hydrogens (tertiary/aromatic N) is 2. The molecule has 0 aromatic carbocycles. The molecule has 0 spiro atoms. The maximum Gasteiger partial charge on any atom is 0.130 e. The Bertz CT molecular complexity index is 352. The number of aromatic nitrogens is 2. The molecule has 1 aliphatic carbocycles. The Kier molecular flexibility index (Phi) is 3.10. The molecule has 0 bridgehead atoms. The highest BCUT2D eigenvalue weighted by Crippen LogP contribution is 2.34. The molecule has 88 valence electrons. The van der Waals surface area contributed by atoms with Crippen molar-refractivity contribution in [3.63, 3.8) is 0 Å². The van der Waals surface area contributed by atoms with Crippen molar-refractivity contribution in [2.75, 3.05) is 11.9 Å². The number of hydrogen-bond acceptors (Lipinski definition) is 4. The molecule has 0 atom stereocenters. The zero-order valence-electron chi connectivity index (χ0n) is 10.0. The van der Waals surface area contributed by atoms with E-state index in [1.165, 1.54) is 6.42 Å². The van der Waals surface area contributed by atoms with E-state index in [2.05, 4.69) is 29.1 Å². The van der Waals surface area contributed by atoms with E-state index in [0.717, 1.165) is 24.4 Å². The van der Waals surface area contributed by atoms with Gasteiger partial charge >= 0.3 is 0 Å². The summed E-state index contributed by atoms with van der Waals surface area (Å²) in [5.74, 6) is 1.34. The van der Waals surface area contributed by atoms with Crippen LogP contribution in [0.2, 0.25) is 0 Å². The van der Waals surface area contributed by atoms with Crippen molar-refractivity contribution in [3.8, 4) is 0 Å². The van der Waals surface area contributed by atoms with E-state index >= 15 is 0 Å². The Hall–Kier alpha value is -1.16. The zero-order valence-corrected chi connectivity index (χ0v) is 10.0. The van der Waals surface area contributed by atoms with Crippen molar-refractivity contribution >= 4 is 5.82 Å². The van der Waals surface area contributed by atoms with Crippen molar-refractivity contribution in [1.82, 2.24) is 9.97 Å². The SMILES string of the molecule is CC(C)c1cc(NC2(CN)CCC2)ncn1. The summed E-state index contributed by atoms with van der Waals surface area (Å²) in [5, 5.41) is 3.46. The maximum absolute atomic E-state index is 5.81. The minimum Gasteiger partial charge on any atom is -0.363 e. The van der Waals surface area contributed by atoms with Gasteiger partial charge in [-0.1, -0.05) is 13.8 Å². The number of nitrogens with two attached hydrogens (primary N) is 1. The molecule has 1 aromatic heterocycles. The molecule has 0 saturated heterocycles. The molecular formula is C12H20N4. The molecule has 1 fully saturated rings. The van der Waals surface area contributed by atoms with Crippen LogP contribution in [0.4, 0.5) is 5.82 Å². The normalized spacial score (nSPS) is 18.2. The Morgan fingerprint density at radius 2 is 2.19 bits per heavy atom. The molecular weight excluding hydrogens is 200 g/mol. The van der Waals surface area contributed by atoms with Crippen molar-refractivity contribution in [2.45, 2.75) is 44.6 Å². The van der Waals surface area contributed by atoms with Crippen LogP contribution >= 0.6 is 0 Å². The first-order valence-electron chi connectivity index (χ1n) is 5.95. The van der Waals surface area contributed by atoms with Crippen molar-refractivity contribution in [3.05, 3.63) is 18.1 Å². The Morgan fingerprint density at radius 1 is 1.44 bits per heavy atom. The summed E-state index contributed by atoms with van der Waals surface area (Å²) in [5.41, 5.74) is 6.97. The van der Waals surface area contributed by atoms with E-state index in [1.807, 2.05) is 6.07 Å².